The molecule has 6 nitrogen and oxygen atoms in total. The fraction of sp³-hybridized carbons (Fsp3) is 0.111. The van der Waals surface area contributed by atoms with Gasteiger partial charge in [0, 0.05) is 23.7 Å². The van der Waals surface area contributed by atoms with Crippen molar-refractivity contribution < 1.29 is 4.92 Å². The average molecular weight is 354 g/mol. The third-order valence-electron chi connectivity index (χ3n) is 4.23. The Labute approximate surface area is 147 Å². The molecule has 0 aliphatic carbocycles. The zero-order chi connectivity index (χ0) is 17.6. The van der Waals surface area contributed by atoms with Crippen molar-refractivity contribution in [1.82, 2.24) is 9.55 Å². The molecule has 0 amide bonds. The molecule has 2 heterocycles. The molecule has 0 saturated carbocycles. The number of halogens is 1. The highest BCUT2D eigenvalue weighted by Crippen LogP contribution is 2.28. The van der Waals surface area contributed by atoms with Crippen LogP contribution in [0.2, 0.25) is 5.02 Å². The molecule has 1 aliphatic rings. The lowest BCUT2D eigenvalue weighted by Gasteiger charge is -2.06. The Morgan fingerprint density at radius 3 is 2.88 bits per heavy atom. The Kier molecular flexibility index (Phi) is 3.62. The summed E-state index contributed by atoms with van der Waals surface area (Å²) in [7, 11) is 0. The number of non-ortho nitro benzene ring substituents is 1. The van der Waals surface area contributed by atoms with Crippen LogP contribution >= 0.6 is 11.6 Å². The maximum Gasteiger partial charge on any atom is 0.270 e. The van der Waals surface area contributed by atoms with Gasteiger partial charge in [-0.3, -0.25) is 19.5 Å². The van der Waals surface area contributed by atoms with Crippen molar-refractivity contribution >= 4 is 39.8 Å². The average Bonchev–Trinajstić information content (AvgIpc) is 2.98. The Balaban J connectivity index is 1.87. The molecule has 0 saturated heterocycles. The fourth-order valence-electron chi connectivity index (χ4n) is 3.06. The second-order valence-electron chi connectivity index (χ2n) is 5.83. The van der Waals surface area contributed by atoms with E-state index in [-0.39, 0.29) is 11.2 Å². The number of benzene rings is 2. The number of allylic oxidation sites excluding steroid dienone is 1. The molecule has 1 aliphatic heterocycles. The first-order valence-corrected chi connectivity index (χ1v) is 8.06. The number of hydrogen-bond donors (Lipinski definition) is 0. The van der Waals surface area contributed by atoms with E-state index in [0.29, 0.717) is 40.3 Å². The quantitative estimate of drug-likeness (QED) is 0.517. The van der Waals surface area contributed by atoms with Crippen LogP contribution in [0.3, 0.4) is 0 Å². The first kappa shape index (κ1) is 15.5. The number of aromatic nitrogens is 2. The van der Waals surface area contributed by atoms with Gasteiger partial charge in [-0.05, 0) is 41.8 Å². The van der Waals surface area contributed by atoms with Gasteiger partial charge in [0.1, 0.15) is 5.82 Å². The van der Waals surface area contributed by atoms with Crippen molar-refractivity contribution in [3.05, 3.63) is 79.3 Å². The monoisotopic (exact) mass is 353 g/mol. The van der Waals surface area contributed by atoms with Crippen molar-refractivity contribution in [3.63, 3.8) is 0 Å². The summed E-state index contributed by atoms with van der Waals surface area (Å²) < 4.78 is 1.64. The second-order valence-corrected chi connectivity index (χ2v) is 6.26. The molecule has 7 heteroatoms. The molecule has 0 radical (unpaired) electrons. The zero-order valence-corrected chi connectivity index (χ0v) is 13.7. The van der Waals surface area contributed by atoms with Crippen molar-refractivity contribution in [2.45, 2.75) is 13.0 Å². The minimum absolute atomic E-state index is 0.0305. The molecule has 0 spiro atoms. The summed E-state index contributed by atoms with van der Waals surface area (Å²) in [5.74, 6) is 0.589. The topological polar surface area (TPSA) is 78.0 Å². The summed E-state index contributed by atoms with van der Waals surface area (Å²) in [6.07, 6.45) is 2.49. The number of nitro groups is 1. The van der Waals surface area contributed by atoms with Gasteiger partial charge in [-0.25, -0.2) is 4.98 Å². The number of rotatable bonds is 2. The predicted molar refractivity (Wildman–Crippen MR) is 96.6 cm³/mol. The number of nitro benzene ring substituents is 1. The summed E-state index contributed by atoms with van der Waals surface area (Å²) in [5, 5.41) is 12.0. The summed E-state index contributed by atoms with van der Waals surface area (Å²) in [6, 6.07) is 11.4. The van der Waals surface area contributed by atoms with Crippen molar-refractivity contribution in [2.75, 3.05) is 0 Å². The molecule has 4 rings (SSSR count). The lowest BCUT2D eigenvalue weighted by Crippen LogP contribution is -2.20. The lowest BCUT2D eigenvalue weighted by atomic mass is 10.1. The van der Waals surface area contributed by atoms with Crippen LogP contribution in [-0.2, 0) is 6.54 Å². The van der Waals surface area contributed by atoms with Crippen LogP contribution in [0.5, 0.6) is 0 Å². The van der Waals surface area contributed by atoms with Gasteiger partial charge < -0.3 is 0 Å². The molecule has 25 heavy (non-hydrogen) atoms. The molecule has 0 atom stereocenters. The Morgan fingerprint density at radius 2 is 2.08 bits per heavy atom. The van der Waals surface area contributed by atoms with Crippen LogP contribution in [0.4, 0.5) is 5.69 Å². The molecular weight excluding hydrogens is 342 g/mol. The molecule has 0 bridgehead atoms. The first-order chi connectivity index (χ1) is 12.0. The molecular formula is C18H12ClN3O3. The van der Waals surface area contributed by atoms with E-state index in [1.54, 1.807) is 34.9 Å². The standard InChI is InChI=1S/C18H12ClN3O3/c19-13-4-5-15-16(10-13)20-17-12(6-7-21(17)18(15)23)8-11-2-1-3-14(9-11)22(24)25/h1-5,8-10H,6-7H2/b12-8+. The van der Waals surface area contributed by atoms with Crippen molar-refractivity contribution in [2.24, 2.45) is 0 Å². The number of nitrogens with zero attached hydrogens (tertiary/aromatic N) is 3. The molecule has 124 valence electrons. The Morgan fingerprint density at radius 1 is 1.24 bits per heavy atom. The van der Waals surface area contributed by atoms with E-state index in [4.69, 9.17) is 11.6 Å². The summed E-state index contributed by atoms with van der Waals surface area (Å²) in [4.78, 5) is 27.7. The van der Waals surface area contributed by atoms with E-state index in [2.05, 4.69) is 4.98 Å². The van der Waals surface area contributed by atoms with Crippen LogP contribution in [0.25, 0.3) is 22.6 Å². The van der Waals surface area contributed by atoms with E-state index in [1.165, 1.54) is 12.1 Å². The van der Waals surface area contributed by atoms with Gasteiger partial charge >= 0.3 is 0 Å². The zero-order valence-electron chi connectivity index (χ0n) is 13.0. The molecule has 0 unspecified atom stereocenters. The third-order valence-corrected chi connectivity index (χ3v) is 4.47. The molecule has 2 aromatic carbocycles. The highest BCUT2D eigenvalue weighted by molar-refractivity contribution is 6.31. The van der Waals surface area contributed by atoms with Gasteiger partial charge in [-0.15, -0.1) is 0 Å². The van der Waals surface area contributed by atoms with Gasteiger partial charge in [0.15, 0.2) is 0 Å². The molecule has 1 aromatic heterocycles. The van der Waals surface area contributed by atoms with Crippen LogP contribution in [-0.4, -0.2) is 14.5 Å². The fourth-order valence-corrected chi connectivity index (χ4v) is 3.22. The SMILES string of the molecule is O=c1c2ccc(Cl)cc2nc2n1CC/C2=C\c1cccc([N+](=O)[O-])c1. The smallest absolute Gasteiger partial charge is 0.270 e. The van der Waals surface area contributed by atoms with Gasteiger partial charge in [-0.1, -0.05) is 23.7 Å². The number of hydrogen-bond acceptors (Lipinski definition) is 4. The minimum Gasteiger partial charge on any atom is -0.292 e. The van der Waals surface area contributed by atoms with Crippen LogP contribution in [0, 0.1) is 10.1 Å². The normalized spacial score (nSPS) is 14.8. The van der Waals surface area contributed by atoms with Gasteiger partial charge in [-0.2, -0.15) is 0 Å². The van der Waals surface area contributed by atoms with Crippen LogP contribution in [0.15, 0.2) is 47.3 Å². The minimum atomic E-state index is -0.428. The first-order valence-electron chi connectivity index (χ1n) is 7.68. The van der Waals surface area contributed by atoms with E-state index >= 15 is 0 Å². The Hall–Kier alpha value is -2.99. The highest BCUT2D eigenvalue weighted by Gasteiger charge is 2.21. The summed E-state index contributed by atoms with van der Waals surface area (Å²) in [5.41, 5.74) is 2.07. The van der Waals surface area contributed by atoms with Gasteiger partial charge in [0.05, 0.1) is 15.8 Å². The number of fused-ring (bicyclic) bond motifs is 2. The highest BCUT2D eigenvalue weighted by atomic mass is 35.5. The summed E-state index contributed by atoms with van der Waals surface area (Å²) >= 11 is 6.01. The van der Waals surface area contributed by atoms with Crippen LogP contribution < -0.4 is 5.56 Å². The van der Waals surface area contributed by atoms with Crippen molar-refractivity contribution in [1.29, 1.82) is 0 Å². The molecule has 3 aromatic rings. The van der Waals surface area contributed by atoms with E-state index < -0.39 is 4.92 Å². The van der Waals surface area contributed by atoms with Crippen molar-refractivity contribution in [3.8, 4) is 0 Å². The molecule has 0 N–H and O–H groups in total. The third kappa shape index (κ3) is 2.70. The predicted octanol–water partition coefficient (Wildman–Crippen LogP) is 3.90. The maximum absolute atomic E-state index is 12.6. The van der Waals surface area contributed by atoms with Gasteiger partial charge in [0.2, 0.25) is 0 Å². The van der Waals surface area contributed by atoms with E-state index in [0.717, 1.165) is 5.57 Å². The lowest BCUT2D eigenvalue weighted by molar-refractivity contribution is -0.384. The van der Waals surface area contributed by atoms with E-state index in [1.807, 2.05) is 6.08 Å². The molecule has 0 fully saturated rings. The van der Waals surface area contributed by atoms with Gasteiger partial charge in [0.25, 0.3) is 11.2 Å². The largest absolute Gasteiger partial charge is 0.292 e. The van der Waals surface area contributed by atoms with E-state index in [9.17, 15) is 14.9 Å². The summed E-state index contributed by atoms with van der Waals surface area (Å²) in [6.45, 7) is 0.542. The van der Waals surface area contributed by atoms with Crippen LogP contribution in [0.1, 0.15) is 17.8 Å². The Bertz CT molecular complexity index is 1120. The maximum atomic E-state index is 12.6. The second kappa shape index (κ2) is 5.82.